The van der Waals surface area contributed by atoms with Crippen LogP contribution in [0.1, 0.15) is 54.1 Å². The van der Waals surface area contributed by atoms with E-state index in [1.54, 1.807) is 0 Å². The van der Waals surface area contributed by atoms with E-state index in [0.29, 0.717) is 35.2 Å². The minimum atomic E-state index is 0.0810. The first-order valence-electron chi connectivity index (χ1n) is 13.8. The van der Waals surface area contributed by atoms with Crippen LogP contribution in [0.15, 0.2) is 66.8 Å². The maximum absolute atomic E-state index is 13.3. The van der Waals surface area contributed by atoms with E-state index in [1.807, 2.05) is 35.2 Å². The molecule has 2 unspecified atom stereocenters. The van der Waals surface area contributed by atoms with Gasteiger partial charge in [-0.25, -0.2) is 0 Å². The van der Waals surface area contributed by atoms with Gasteiger partial charge in [0, 0.05) is 44.9 Å². The molecule has 1 amide bonds. The zero-order valence-corrected chi connectivity index (χ0v) is 22.4. The van der Waals surface area contributed by atoms with Gasteiger partial charge in [0.1, 0.15) is 11.5 Å². The summed E-state index contributed by atoms with van der Waals surface area (Å²) >= 11 is 0. The molecule has 0 saturated carbocycles. The average Bonchev–Trinajstić information content (AvgIpc) is 2.88. The molecule has 1 aliphatic carbocycles. The number of allylic oxidation sites excluding steroid dienone is 3. The van der Waals surface area contributed by atoms with Gasteiger partial charge in [0.05, 0.1) is 6.10 Å². The fourth-order valence-corrected chi connectivity index (χ4v) is 5.50. The molecule has 3 atom stereocenters. The molecule has 2 saturated heterocycles. The third-order valence-electron chi connectivity index (χ3n) is 8.01. The monoisotopic (exact) mass is 500 g/mol. The van der Waals surface area contributed by atoms with E-state index in [2.05, 4.69) is 62.1 Å². The summed E-state index contributed by atoms with van der Waals surface area (Å²) in [5.74, 6) is 3.15. The van der Waals surface area contributed by atoms with Crippen molar-refractivity contribution in [3.63, 3.8) is 0 Å². The van der Waals surface area contributed by atoms with Gasteiger partial charge in [0.15, 0.2) is 0 Å². The van der Waals surface area contributed by atoms with Gasteiger partial charge in [-0.1, -0.05) is 56.4 Å². The Morgan fingerprint density at radius 2 is 1.78 bits per heavy atom. The van der Waals surface area contributed by atoms with Crippen molar-refractivity contribution in [2.45, 2.75) is 45.6 Å². The van der Waals surface area contributed by atoms with Crippen LogP contribution in [0.25, 0.3) is 0 Å². The minimum absolute atomic E-state index is 0.0810. The summed E-state index contributed by atoms with van der Waals surface area (Å²) in [6.07, 6.45) is 11.8. The molecule has 2 fully saturated rings. The molecule has 37 heavy (non-hydrogen) atoms. The molecular weight excluding hydrogens is 460 g/mol. The number of carbonyl (C=O) groups is 1. The van der Waals surface area contributed by atoms with Crippen LogP contribution in [0.4, 0.5) is 0 Å². The lowest BCUT2D eigenvalue weighted by Crippen LogP contribution is -2.50. The van der Waals surface area contributed by atoms with Gasteiger partial charge in [-0.3, -0.25) is 9.69 Å². The molecule has 2 aromatic rings. The van der Waals surface area contributed by atoms with E-state index in [4.69, 9.17) is 9.47 Å². The average molecular weight is 501 g/mol. The van der Waals surface area contributed by atoms with Crippen molar-refractivity contribution in [2.75, 3.05) is 39.3 Å². The molecule has 0 radical (unpaired) electrons. The number of amides is 1. The topological polar surface area (TPSA) is 42.0 Å². The number of hydrogen-bond donors (Lipinski definition) is 0. The molecule has 0 aromatic heterocycles. The quantitative estimate of drug-likeness (QED) is 0.432. The van der Waals surface area contributed by atoms with Crippen molar-refractivity contribution in [3.05, 3.63) is 83.5 Å². The lowest BCUT2D eigenvalue weighted by atomic mass is 9.82. The molecule has 2 aliphatic heterocycles. The second kappa shape index (κ2) is 11.7. The smallest absolute Gasteiger partial charge is 0.254 e. The predicted octanol–water partition coefficient (Wildman–Crippen LogP) is 6.21. The maximum atomic E-state index is 13.3. The number of piperazine rings is 1. The number of nitrogens with zero attached hydrogens (tertiary/aromatic N) is 2. The molecular formula is C32H40N2O3. The molecule has 0 spiro atoms. The van der Waals surface area contributed by atoms with E-state index in [-0.39, 0.29) is 5.91 Å². The summed E-state index contributed by atoms with van der Waals surface area (Å²) in [6, 6.07) is 13.9. The molecule has 3 aliphatic rings. The van der Waals surface area contributed by atoms with Gasteiger partial charge in [-0.05, 0) is 72.9 Å². The fourth-order valence-electron chi connectivity index (χ4n) is 5.50. The van der Waals surface area contributed by atoms with Gasteiger partial charge in [0.2, 0.25) is 0 Å². The largest absolute Gasteiger partial charge is 0.457 e. The van der Waals surface area contributed by atoms with Crippen LogP contribution in [0.3, 0.4) is 0 Å². The number of carbonyl (C=O) groups excluding carboxylic acids is 1. The van der Waals surface area contributed by atoms with Gasteiger partial charge in [-0.2, -0.15) is 0 Å². The van der Waals surface area contributed by atoms with E-state index < -0.39 is 0 Å². The van der Waals surface area contributed by atoms with Crippen molar-refractivity contribution in [1.29, 1.82) is 0 Å². The molecule has 5 nitrogen and oxygen atoms in total. The van der Waals surface area contributed by atoms with E-state index in [9.17, 15) is 4.79 Å². The van der Waals surface area contributed by atoms with E-state index in [1.165, 1.54) is 12.0 Å². The number of ether oxygens (including phenoxy) is 2. The van der Waals surface area contributed by atoms with Gasteiger partial charge < -0.3 is 14.4 Å². The first-order valence-corrected chi connectivity index (χ1v) is 13.8. The Morgan fingerprint density at radius 1 is 1.03 bits per heavy atom. The van der Waals surface area contributed by atoms with Crippen molar-refractivity contribution in [3.8, 4) is 11.5 Å². The highest BCUT2D eigenvalue weighted by Crippen LogP contribution is 2.31. The van der Waals surface area contributed by atoms with Crippen LogP contribution in [0, 0.1) is 18.8 Å². The van der Waals surface area contributed by atoms with E-state index >= 15 is 0 Å². The normalized spacial score (nSPS) is 23.8. The Hall–Kier alpha value is -2.89. The molecule has 5 heteroatoms. The summed E-state index contributed by atoms with van der Waals surface area (Å²) in [4.78, 5) is 17.8. The molecule has 5 rings (SSSR count). The molecule has 2 heterocycles. The van der Waals surface area contributed by atoms with Crippen LogP contribution in [-0.2, 0) is 4.74 Å². The highest BCUT2D eigenvalue weighted by atomic mass is 16.5. The third kappa shape index (κ3) is 6.34. The summed E-state index contributed by atoms with van der Waals surface area (Å²) in [5, 5.41) is 0. The van der Waals surface area contributed by atoms with Crippen molar-refractivity contribution in [2.24, 2.45) is 11.8 Å². The second-order valence-corrected chi connectivity index (χ2v) is 11.0. The first kappa shape index (κ1) is 25.7. The zero-order chi connectivity index (χ0) is 25.8. The zero-order valence-electron chi connectivity index (χ0n) is 22.4. The Bertz CT molecular complexity index is 1140. The van der Waals surface area contributed by atoms with E-state index in [0.717, 1.165) is 57.1 Å². The second-order valence-electron chi connectivity index (χ2n) is 11.0. The lowest BCUT2D eigenvalue weighted by Gasteiger charge is -2.39. The number of hydrogen-bond acceptors (Lipinski definition) is 4. The third-order valence-corrected chi connectivity index (χ3v) is 8.01. The van der Waals surface area contributed by atoms with Crippen molar-refractivity contribution >= 4 is 5.91 Å². The van der Waals surface area contributed by atoms with Crippen LogP contribution in [0.2, 0.25) is 0 Å². The molecule has 0 bridgehead atoms. The minimum Gasteiger partial charge on any atom is -0.457 e. The summed E-state index contributed by atoms with van der Waals surface area (Å²) < 4.78 is 11.9. The van der Waals surface area contributed by atoms with Gasteiger partial charge >= 0.3 is 0 Å². The van der Waals surface area contributed by atoms with Crippen LogP contribution < -0.4 is 4.74 Å². The standard InChI is InChI=1S/C32H40N2O3/c1-23(2)25-11-12-31(24(3)19-25)37-30-10-6-9-27(21-30)32(35)34-16-14-33(15-17-34)22-28-8-5-4-7-26(28)20-29-13-18-36-29/h4-12,19,21,23,26,28-29H,13-18,20,22H2,1-3H3/t26-,28?,29?/m1/s1. The SMILES string of the molecule is Cc1cc(C(C)C)ccc1Oc1cccc(C(=O)N2CCN(CC3C=CC=C[C@@H]3CC3CCO3)CC2)c1. The first-order chi connectivity index (χ1) is 18.0. The Morgan fingerprint density at radius 3 is 2.46 bits per heavy atom. The fraction of sp³-hybridized carbons (Fsp3) is 0.469. The highest BCUT2D eigenvalue weighted by Gasteiger charge is 2.29. The van der Waals surface area contributed by atoms with Crippen molar-refractivity contribution in [1.82, 2.24) is 9.80 Å². The van der Waals surface area contributed by atoms with Crippen LogP contribution >= 0.6 is 0 Å². The Kier molecular flexibility index (Phi) is 8.11. The predicted molar refractivity (Wildman–Crippen MR) is 148 cm³/mol. The van der Waals surface area contributed by atoms with Crippen LogP contribution in [0.5, 0.6) is 11.5 Å². The van der Waals surface area contributed by atoms with Gasteiger partial charge in [0.25, 0.3) is 5.91 Å². The summed E-state index contributed by atoms with van der Waals surface area (Å²) in [7, 11) is 0. The Labute approximate surface area is 221 Å². The summed E-state index contributed by atoms with van der Waals surface area (Å²) in [5.41, 5.74) is 3.08. The lowest BCUT2D eigenvalue weighted by molar-refractivity contribution is -0.0629. The summed E-state index contributed by atoms with van der Waals surface area (Å²) in [6.45, 7) is 11.7. The number of aryl methyl sites for hydroxylation is 1. The van der Waals surface area contributed by atoms with Crippen molar-refractivity contribution < 1.29 is 14.3 Å². The van der Waals surface area contributed by atoms with Crippen LogP contribution in [-0.4, -0.2) is 61.1 Å². The maximum Gasteiger partial charge on any atom is 0.254 e. The van der Waals surface area contributed by atoms with Gasteiger partial charge in [-0.15, -0.1) is 0 Å². The molecule has 2 aromatic carbocycles. The highest BCUT2D eigenvalue weighted by molar-refractivity contribution is 5.94. The Balaban J connectivity index is 1.15. The number of rotatable bonds is 8. The molecule has 196 valence electrons. The number of benzene rings is 2. The molecule has 0 N–H and O–H groups in total.